The average molecular weight is 277 g/mol. The smallest absolute Gasteiger partial charge is 0.142 e. The van der Waals surface area contributed by atoms with Crippen molar-refractivity contribution in [3.05, 3.63) is 58.4 Å². The van der Waals surface area contributed by atoms with Crippen molar-refractivity contribution in [1.29, 1.82) is 5.26 Å². The summed E-state index contributed by atoms with van der Waals surface area (Å²) in [6.45, 7) is 0.0786. The average Bonchev–Trinajstić information content (AvgIpc) is 2.41. The molecule has 0 atom stereocenters. The third-order valence-corrected chi connectivity index (χ3v) is 2.96. The minimum atomic E-state index is -0.499. The lowest BCUT2D eigenvalue weighted by Crippen LogP contribution is -1.99. The van der Waals surface area contributed by atoms with E-state index >= 15 is 0 Å². The summed E-state index contributed by atoms with van der Waals surface area (Å²) in [5.41, 5.74) is 6.90. The van der Waals surface area contributed by atoms with E-state index < -0.39 is 5.82 Å². The molecule has 0 fully saturated rings. The van der Waals surface area contributed by atoms with E-state index in [1.165, 1.54) is 12.1 Å². The molecule has 0 saturated carbocycles. The number of anilines is 1. The molecule has 96 valence electrons. The van der Waals surface area contributed by atoms with Crippen LogP contribution in [0.1, 0.15) is 11.1 Å². The Morgan fingerprint density at radius 2 is 2.11 bits per heavy atom. The maximum Gasteiger partial charge on any atom is 0.142 e. The molecule has 0 amide bonds. The molecule has 19 heavy (non-hydrogen) atoms. The van der Waals surface area contributed by atoms with Crippen molar-refractivity contribution in [2.24, 2.45) is 0 Å². The molecule has 0 aromatic heterocycles. The molecular formula is C14H10ClFN2O. The summed E-state index contributed by atoms with van der Waals surface area (Å²) < 4.78 is 18.7. The van der Waals surface area contributed by atoms with Crippen molar-refractivity contribution in [2.45, 2.75) is 6.61 Å². The molecule has 0 heterocycles. The van der Waals surface area contributed by atoms with Gasteiger partial charge in [0.2, 0.25) is 0 Å². The summed E-state index contributed by atoms with van der Waals surface area (Å²) in [6.07, 6.45) is 0. The molecule has 2 aromatic carbocycles. The summed E-state index contributed by atoms with van der Waals surface area (Å²) >= 11 is 5.82. The number of nitrogens with two attached hydrogens (primary N) is 1. The van der Waals surface area contributed by atoms with Gasteiger partial charge in [0.05, 0.1) is 10.6 Å². The first-order chi connectivity index (χ1) is 9.11. The Bertz CT molecular complexity index is 652. The van der Waals surface area contributed by atoms with Crippen LogP contribution in [0.25, 0.3) is 0 Å². The maximum atomic E-state index is 13.2. The van der Waals surface area contributed by atoms with Crippen LogP contribution in [0, 0.1) is 17.1 Å². The second kappa shape index (κ2) is 5.59. The number of benzene rings is 2. The summed E-state index contributed by atoms with van der Waals surface area (Å²) in [6, 6.07) is 11.2. The molecule has 2 aromatic rings. The number of nitriles is 1. The van der Waals surface area contributed by atoms with E-state index in [0.717, 1.165) is 0 Å². The Morgan fingerprint density at radius 1 is 1.32 bits per heavy atom. The van der Waals surface area contributed by atoms with Crippen LogP contribution in [-0.2, 0) is 6.61 Å². The summed E-state index contributed by atoms with van der Waals surface area (Å²) in [4.78, 5) is 0. The maximum absolute atomic E-state index is 13.2. The molecule has 2 rings (SSSR count). The predicted molar refractivity (Wildman–Crippen MR) is 71.3 cm³/mol. The third kappa shape index (κ3) is 2.95. The van der Waals surface area contributed by atoms with Crippen molar-refractivity contribution in [3.8, 4) is 11.8 Å². The monoisotopic (exact) mass is 276 g/mol. The number of hydrogen-bond donors (Lipinski definition) is 1. The standard InChI is InChI=1S/C14H10ClFN2O/c15-14-9(2-1-3-12(14)16)8-19-13-5-4-11(18)6-10(13)7-17/h1-6H,8,18H2. The van der Waals surface area contributed by atoms with Gasteiger partial charge >= 0.3 is 0 Å². The van der Waals surface area contributed by atoms with E-state index in [1.807, 2.05) is 6.07 Å². The van der Waals surface area contributed by atoms with Crippen molar-refractivity contribution >= 4 is 17.3 Å². The van der Waals surface area contributed by atoms with E-state index in [1.54, 1.807) is 24.3 Å². The normalized spacial score (nSPS) is 9.95. The Labute approximate surface area is 115 Å². The van der Waals surface area contributed by atoms with E-state index in [-0.39, 0.29) is 11.6 Å². The fourth-order valence-electron chi connectivity index (χ4n) is 1.58. The summed E-state index contributed by atoms with van der Waals surface area (Å²) in [7, 11) is 0. The molecule has 5 heteroatoms. The SMILES string of the molecule is N#Cc1cc(N)ccc1OCc1cccc(F)c1Cl. The molecule has 0 saturated heterocycles. The van der Waals surface area contributed by atoms with Gasteiger partial charge in [0.15, 0.2) is 0 Å². The van der Waals surface area contributed by atoms with Gasteiger partial charge in [-0.25, -0.2) is 4.39 Å². The third-order valence-electron chi connectivity index (χ3n) is 2.54. The Morgan fingerprint density at radius 3 is 2.84 bits per heavy atom. The minimum absolute atomic E-state index is 0.0245. The highest BCUT2D eigenvalue weighted by Crippen LogP contribution is 2.24. The Kier molecular flexibility index (Phi) is 3.88. The van der Waals surface area contributed by atoms with Crippen LogP contribution in [0.15, 0.2) is 36.4 Å². The number of nitrogens with zero attached hydrogens (tertiary/aromatic N) is 1. The number of rotatable bonds is 3. The van der Waals surface area contributed by atoms with Crippen LogP contribution >= 0.6 is 11.6 Å². The first kappa shape index (κ1) is 13.2. The fourth-order valence-corrected chi connectivity index (χ4v) is 1.76. The molecule has 0 spiro atoms. The molecular weight excluding hydrogens is 267 g/mol. The number of ether oxygens (including phenoxy) is 1. The zero-order chi connectivity index (χ0) is 13.8. The van der Waals surface area contributed by atoms with Crippen LogP contribution in [-0.4, -0.2) is 0 Å². The number of halogens is 2. The predicted octanol–water partition coefficient (Wildman–Crippen LogP) is 3.51. The van der Waals surface area contributed by atoms with Crippen LogP contribution < -0.4 is 10.5 Å². The lowest BCUT2D eigenvalue weighted by molar-refractivity contribution is 0.305. The van der Waals surface area contributed by atoms with Crippen LogP contribution in [0.5, 0.6) is 5.75 Å². The topological polar surface area (TPSA) is 59.0 Å². The Balaban J connectivity index is 2.20. The van der Waals surface area contributed by atoms with Gasteiger partial charge < -0.3 is 10.5 Å². The van der Waals surface area contributed by atoms with Gasteiger partial charge in [-0.1, -0.05) is 23.7 Å². The Hall–Kier alpha value is -2.25. The zero-order valence-corrected chi connectivity index (χ0v) is 10.6. The van der Waals surface area contributed by atoms with Gasteiger partial charge in [0.1, 0.15) is 24.2 Å². The lowest BCUT2D eigenvalue weighted by atomic mass is 10.2. The molecule has 0 aliphatic carbocycles. The zero-order valence-electron chi connectivity index (χ0n) is 9.86. The van der Waals surface area contributed by atoms with Gasteiger partial charge in [-0.15, -0.1) is 0 Å². The molecule has 3 nitrogen and oxygen atoms in total. The first-order valence-electron chi connectivity index (χ1n) is 5.47. The van der Waals surface area contributed by atoms with Gasteiger partial charge in [-0.2, -0.15) is 5.26 Å². The van der Waals surface area contributed by atoms with Gasteiger partial charge in [-0.3, -0.25) is 0 Å². The molecule has 0 radical (unpaired) electrons. The molecule has 0 bridgehead atoms. The van der Waals surface area contributed by atoms with Crippen LogP contribution in [0.4, 0.5) is 10.1 Å². The van der Waals surface area contributed by atoms with Crippen molar-refractivity contribution in [2.75, 3.05) is 5.73 Å². The largest absolute Gasteiger partial charge is 0.487 e. The highest BCUT2D eigenvalue weighted by Gasteiger charge is 2.08. The first-order valence-corrected chi connectivity index (χ1v) is 5.85. The summed E-state index contributed by atoms with van der Waals surface area (Å²) in [5, 5.41) is 8.99. The minimum Gasteiger partial charge on any atom is -0.487 e. The molecule has 0 aliphatic heterocycles. The number of hydrogen-bond acceptors (Lipinski definition) is 3. The van der Waals surface area contributed by atoms with Gasteiger partial charge in [0.25, 0.3) is 0 Å². The lowest BCUT2D eigenvalue weighted by Gasteiger charge is -2.09. The summed E-state index contributed by atoms with van der Waals surface area (Å²) in [5.74, 6) is -0.113. The van der Waals surface area contributed by atoms with Crippen LogP contribution in [0.3, 0.4) is 0 Å². The molecule has 0 unspecified atom stereocenters. The van der Waals surface area contributed by atoms with E-state index in [2.05, 4.69) is 0 Å². The van der Waals surface area contributed by atoms with Gasteiger partial charge in [-0.05, 0) is 24.3 Å². The van der Waals surface area contributed by atoms with Crippen molar-refractivity contribution in [1.82, 2.24) is 0 Å². The quantitative estimate of drug-likeness (QED) is 0.873. The van der Waals surface area contributed by atoms with E-state index in [0.29, 0.717) is 22.6 Å². The second-order valence-electron chi connectivity index (χ2n) is 3.87. The van der Waals surface area contributed by atoms with E-state index in [9.17, 15) is 4.39 Å². The number of nitrogen functional groups attached to an aromatic ring is 1. The highest BCUT2D eigenvalue weighted by molar-refractivity contribution is 6.31. The van der Waals surface area contributed by atoms with Crippen LogP contribution in [0.2, 0.25) is 5.02 Å². The highest BCUT2D eigenvalue weighted by atomic mass is 35.5. The second-order valence-corrected chi connectivity index (χ2v) is 4.25. The fraction of sp³-hybridized carbons (Fsp3) is 0.0714. The van der Waals surface area contributed by atoms with Crippen molar-refractivity contribution < 1.29 is 9.13 Å². The van der Waals surface area contributed by atoms with Crippen molar-refractivity contribution in [3.63, 3.8) is 0 Å². The molecule has 0 aliphatic rings. The molecule has 2 N–H and O–H groups in total. The van der Waals surface area contributed by atoms with Gasteiger partial charge in [0, 0.05) is 11.3 Å². The van der Waals surface area contributed by atoms with E-state index in [4.69, 9.17) is 27.3 Å².